The lowest BCUT2D eigenvalue weighted by Gasteiger charge is -2.19. The van der Waals surface area contributed by atoms with Gasteiger partial charge in [0.25, 0.3) is 6.43 Å². The minimum atomic E-state index is -4.46. The van der Waals surface area contributed by atoms with Crippen molar-refractivity contribution in [2.75, 3.05) is 6.61 Å². The van der Waals surface area contributed by atoms with E-state index in [1.54, 1.807) is 0 Å². The molecule has 1 saturated carbocycles. The first kappa shape index (κ1) is 21.4. The first-order valence-corrected chi connectivity index (χ1v) is 8.88. The van der Waals surface area contributed by atoms with Crippen LogP contribution in [0.1, 0.15) is 43.1 Å². The van der Waals surface area contributed by atoms with Crippen molar-refractivity contribution < 1.29 is 31.5 Å². The van der Waals surface area contributed by atoms with Crippen molar-refractivity contribution in [1.82, 2.24) is 14.8 Å². The highest BCUT2D eigenvalue weighted by Crippen LogP contribution is 2.60. The van der Waals surface area contributed by atoms with Crippen LogP contribution >= 0.6 is 11.6 Å². The third-order valence-corrected chi connectivity index (χ3v) is 5.08. The van der Waals surface area contributed by atoms with Gasteiger partial charge in [-0.15, -0.1) is 0 Å². The Balaban J connectivity index is 1.68. The van der Waals surface area contributed by atoms with Gasteiger partial charge >= 0.3 is 12.1 Å². The van der Waals surface area contributed by atoms with Crippen LogP contribution in [-0.4, -0.2) is 33.5 Å². The van der Waals surface area contributed by atoms with Gasteiger partial charge in [-0.05, 0) is 30.5 Å². The van der Waals surface area contributed by atoms with E-state index in [0.717, 1.165) is 11.0 Å². The van der Waals surface area contributed by atoms with Crippen molar-refractivity contribution in [2.24, 2.45) is 11.1 Å². The molecule has 0 spiro atoms. The van der Waals surface area contributed by atoms with Crippen LogP contribution in [0.4, 0.5) is 22.0 Å². The first-order valence-electron chi connectivity index (χ1n) is 8.50. The van der Waals surface area contributed by atoms with Gasteiger partial charge < -0.3 is 10.5 Å². The lowest BCUT2D eigenvalue weighted by atomic mass is 10.0. The van der Waals surface area contributed by atoms with Crippen LogP contribution in [0, 0.1) is 5.41 Å². The number of hydrogen-bond donors (Lipinski definition) is 1. The average Bonchev–Trinajstić information content (AvgIpc) is 3.26. The van der Waals surface area contributed by atoms with E-state index in [-0.39, 0.29) is 30.2 Å². The molecule has 3 rings (SSSR count). The Morgan fingerprint density at radius 1 is 1.34 bits per heavy atom. The Labute approximate surface area is 166 Å². The van der Waals surface area contributed by atoms with Crippen molar-refractivity contribution in [3.05, 3.63) is 40.9 Å². The van der Waals surface area contributed by atoms with Gasteiger partial charge in [0.2, 0.25) is 0 Å². The van der Waals surface area contributed by atoms with E-state index in [0.29, 0.717) is 5.56 Å². The molecule has 1 aromatic heterocycles. The van der Waals surface area contributed by atoms with Crippen molar-refractivity contribution in [2.45, 2.75) is 37.9 Å². The SMILES string of the molecule is N[C@H](COC(=O)CC1(C(F)(F)F)CC1)c1ccc(Cl)c(-n2ncnc2C(F)F)c1. The van der Waals surface area contributed by atoms with Crippen LogP contribution in [0.5, 0.6) is 0 Å². The predicted octanol–water partition coefficient (Wildman–Crippen LogP) is 4.13. The third kappa shape index (κ3) is 4.50. The molecule has 6 nitrogen and oxygen atoms in total. The summed E-state index contributed by atoms with van der Waals surface area (Å²) in [5.74, 6) is -1.62. The molecule has 0 aliphatic heterocycles. The predicted molar refractivity (Wildman–Crippen MR) is 91.6 cm³/mol. The molecule has 158 valence electrons. The Morgan fingerprint density at radius 2 is 2.03 bits per heavy atom. The van der Waals surface area contributed by atoms with Gasteiger partial charge in [-0.2, -0.15) is 18.3 Å². The van der Waals surface area contributed by atoms with Gasteiger partial charge in [0.1, 0.15) is 12.9 Å². The number of alkyl halides is 5. The zero-order valence-corrected chi connectivity index (χ0v) is 15.6. The Bertz CT molecular complexity index is 898. The zero-order chi connectivity index (χ0) is 21.4. The molecule has 1 atom stereocenters. The monoisotopic (exact) mass is 438 g/mol. The fourth-order valence-electron chi connectivity index (χ4n) is 2.83. The molecule has 2 aromatic rings. The van der Waals surface area contributed by atoms with Gasteiger partial charge in [-0.25, -0.2) is 18.4 Å². The molecular weight excluding hydrogens is 423 g/mol. The van der Waals surface area contributed by atoms with E-state index in [1.165, 1.54) is 18.2 Å². The minimum absolute atomic E-state index is 0.0905. The summed E-state index contributed by atoms with van der Waals surface area (Å²) in [5, 5.41) is 3.82. The number of rotatable bonds is 7. The van der Waals surface area contributed by atoms with Gasteiger partial charge in [-0.3, -0.25) is 4.79 Å². The summed E-state index contributed by atoms with van der Waals surface area (Å²) in [4.78, 5) is 15.3. The molecule has 1 fully saturated rings. The molecule has 0 radical (unpaired) electrons. The summed E-state index contributed by atoms with van der Waals surface area (Å²) in [5.41, 5.74) is 4.40. The lowest BCUT2D eigenvalue weighted by molar-refractivity contribution is -0.195. The third-order valence-electron chi connectivity index (χ3n) is 4.76. The quantitative estimate of drug-likeness (QED) is 0.519. The van der Waals surface area contributed by atoms with Crippen LogP contribution in [0.15, 0.2) is 24.5 Å². The summed E-state index contributed by atoms with van der Waals surface area (Å²) >= 11 is 6.05. The topological polar surface area (TPSA) is 83.0 Å². The molecule has 1 aliphatic rings. The van der Waals surface area contributed by atoms with Crippen LogP contribution < -0.4 is 5.73 Å². The van der Waals surface area contributed by atoms with Crippen molar-refractivity contribution in [1.29, 1.82) is 0 Å². The highest BCUT2D eigenvalue weighted by Gasteiger charge is 2.64. The highest BCUT2D eigenvalue weighted by atomic mass is 35.5. The van der Waals surface area contributed by atoms with Crippen LogP contribution in [0.25, 0.3) is 5.69 Å². The van der Waals surface area contributed by atoms with E-state index in [9.17, 15) is 26.7 Å². The van der Waals surface area contributed by atoms with E-state index in [1.807, 2.05) is 0 Å². The lowest BCUT2D eigenvalue weighted by Crippen LogP contribution is -2.29. The van der Waals surface area contributed by atoms with Crippen LogP contribution in [-0.2, 0) is 9.53 Å². The Hall–Kier alpha value is -2.27. The van der Waals surface area contributed by atoms with Gasteiger partial charge in [0.15, 0.2) is 5.82 Å². The summed E-state index contributed by atoms with van der Waals surface area (Å²) in [6, 6.07) is 3.35. The summed E-state index contributed by atoms with van der Waals surface area (Å²) < 4.78 is 70.6. The number of nitrogens with two attached hydrogens (primary N) is 1. The number of ether oxygens (including phenoxy) is 1. The molecule has 0 saturated heterocycles. The molecule has 0 unspecified atom stereocenters. The Kier molecular flexibility index (Phi) is 5.81. The summed E-state index contributed by atoms with van der Waals surface area (Å²) in [6.07, 6.45) is -7.38. The van der Waals surface area contributed by atoms with Crippen molar-refractivity contribution >= 4 is 17.6 Å². The van der Waals surface area contributed by atoms with Crippen molar-refractivity contribution in [3.63, 3.8) is 0 Å². The molecule has 12 heteroatoms. The maximum atomic E-state index is 13.0. The maximum absolute atomic E-state index is 13.0. The smallest absolute Gasteiger partial charge is 0.395 e. The van der Waals surface area contributed by atoms with E-state index >= 15 is 0 Å². The number of hydrogen-bond acceptors (Lipinski definition) is 5. The zero-order valence-electron chi connectivity index (χ0n) is 14.8. The second-order valence-corrected chi connectivity index (χ2v) is 7.19. The average molecular weight is 439 g/mol. The molecule has 1 aromatic carbocycles. The molecule has 29 heavy (non-hydrogen) atoms. The molecular formula is C17H16ClF5N4O2. The number of esters is 1. The molecule has 0 bridgehead atoms. The number of benzene rings is 1. The summed E-state index contributed by atoms with van der Waals surface area (Å²) in [6.45, 7) is -0.382. The van der Waals surface area contributed by atoms with Gasteiger partial charge in [0, 0.05) is 0 Å². The number of carbonyl (C=O) groups is 1. The van der Waals surface area contributed by atoms with E-state index in [2.05, 4.69) is 10.1 Å². The number of carbonyl (C=O) groups excluding carboxylic acids is 1. The standard InChI is InChI=1S/C17H16ClF5N4O2/c18-10-2-1-9(5-12(10)27-15(14(19)20)25-8-26-27)11(24)7-29-13(28)6-16(3-4-16)17(21,22)23/h1-2,5,8,11,14H,3-4,6-7,24H2/t11-/m1/s1. The van der Waals surface area contributed by atoms with Crippen molar-refractivity contribution in [3.8, 4) is 5.69 Å². The molecule has 1 heterocycles. The fraction of sp³-hybridized carbons (Fsp3) is 0.471. The Morgan fingerprint density at radius 3 is 2.62 bits per heavy atom. The van der Waals surface area contributed by atoms with Gasteiger partial charge in [-0.1, -0.05) is 17.7 Å². The minimum Gasteiger partial charge on any atom is -0.464 e. The van der Waals surface area contributed by atoms with Crippen LogP contribution in [0.3, 0.4) is 0 Å². The largest absolute Gasteiger partial charge is 0.464 e. The second-order valence-electron chi connectivity index (χ2n) is 6.79. The maximum Gasteiger partial charge on any atom is 0.395 e. The van der Waals surface area contributed by atoms with E-state index in [4.69, 9.17) is 22.1 Å². The number of aromatic nitrogens is 3. The molecule has 1 aliphatic carbocycles. The fourth-order valence-corrected chi connectivity index (χ4v) is 3.02. The molecule has 0 amide bonds. The first-order chi connectivity index (χ1) is 13.5. The highest BCUT2D eigenvalue weighted by molar-refractivity contribution is 6.32. The number of nitrogens with zero attached hydrogens (tertiary/aromatic N) is 3. The van der Waals surface area contributed by atoms with E-state index < -0.39 is 42.3 Å². The second kappa shape index (κ2) is 7.86. The molecule has 2 N–H and O–H groups in total. The number of halogens is 6. The summed E-state index contributed by atoms with van der Waals surface area (Å²) in [7, 11) is 0. The van der Waals surface area contributed by atoms with Crippen LogP contribution in [0.2, 0.25) is 5.02 Å². The van der Waals surface area contributed by atoms with Gasteiger partial charge in [0.05, 0.1) is 28.6 Å². The normalized spacial score (nSPS) is 16.7.